The maximum atomic E-state index is 4.53. The fourth-order valence-electron chi connectivity index (χ4n) is 2.11. The van der Waals surface area contributed by atoms with Crippen LogP contribution < -0.4 is 5.32 Å². The van der Waals surface area contributed by atoms with E-state index in [0.717, 1.165) is 31.6 Å². The molecule has 0 spiro atoms. The van der Waals surface area contributed by atoms with Gasteiger partial charge in [0.05, 0.1) is 11.9 Å². The fraction of sp³-hybridized carbons (Fsp3) is 0.400. The van der Waals surface area contributed by atoms with Gasteiger partial charge in [-0.2, -0.15) is 5.10 Å². The number of nitrogens with one attached hydrogen (secondary N) is 1. The number of hydrogen-bond acceptors (Lipinski definition) is 2. The zero-order chi connectivity index (χ0) is 12.8. The van der Waals surface area contributed by atoms with Gasteiger partial charge >= 0.3 is 0 Å². The molecule has 0 unspecified atom stereocenters. The summed E-state index contributed by atoms with van der Waals surface area (Å²) in [5.41, 5.74) is 3.77. The Balaban J connectivity index is 2.32. The van der Waals surface area contributed by atoms with E-state index in [-0.39, 0.29) is 0 Å². The monoisotopic (exact) mass is 243 g/mol. The largest absolute Gasteiger partial charge is 0.313 e. The first-order valence-corrected chi connectivity index (χ1v) is 6.68. The van der Waals surface area contributed by atoms with Gasteiger partial charge in [-0.25, -0.2) is 4.68 Å². The van der Waals surface area contributed by atoms with Crippen molar-refractivity contribution in [2.75, 3.05) is 6.54 Å². The summed E-state index contributed by atoms with van der Waals surface area (Å²) in [4.78, 5) is 0. The van der Waals surface area contributed by atoms with E-state index >= 15 is 0 Å². The van der Waals surface area contributed by atoms with Crippen LogP contribution in [-0.4, -0.2) is 16.3 Å². The van der Waals surface area contributed by atoms with E-state index in [4.69, 9.17) is 0 Å². The smallest absolute Gasteiger partial charge is 0.0648 e. The highest BCUT2D eigenvalue weighted by Crippen LogP contribution is 2.16. The van der Waals surface area contributed by atoms with Crippen LogP contribution >= 0.6 is 0 Å². The third-order valence-corrected chi connectivity index (χ3v) is 3.01. The molecule has 96 valence electrons. The molecular formula is C15H21N3. The molecule has 1 aromatic heterocycles. The Kier molecular flexibility index (Phi) is 4.53. The molecule has 1 heterocycles. The highest BCUT2D eigenvalue weighted by Gasteiger charge is 2.10. The molecule has 2 rings (SSSR count). The maximum Gasteiger partial charge on any atom is 0.0648 e. The van der Waals surface area contributed by atoms with Crippen LogP contribution in [0.15, 0.2) is 36.5 Å². The SMILES string of the molecule is CCCc1c(CNCC)cnn1-c1ccccc1. The average Bonchev–Trinajstić information content (AvgIpc) is 2.81. The zero-order valence-corrected chi connectivity index (χ0v) is 11.2. The highest BCUT2D eigenvalue weighted by molar-refractivity contribution is 5.35. The minimum absolute atomic E-state index is 0.901. The van der Waals surface area contributed by atoms with Crippen LogP contribution in [0.4, 0.5) is 0 Å². The normalized spacial score (nSPS) is 10.8. The third kappa shape index (κ3) is 2.79. The lowest BCUT2D eigenvalue weighted by Gasteiger charge is -2.09. The van der Waals surface area contributed by atoms with Gasteiger partial charge in [0.15, 0.2) is 0 Å². The maximum absolute atomic E-state index is 4.53. The zero-order valence-electron chi connectivity index (χ0n) is 11.2. The molecule has 1 N–H and O–H groups in total. The number of rotatable bonds is 6. The van der Waals surface area contributed by atoms with Crippen molar-refractivity contribution in [3.63, 3.8) is 0 Å². The van der Waals surface area contributed by atoms with Crippen molar-refractivity contribution in [1.29, 1.82) is 0 Å². The lowest BCUT2D eigenvalue weighted by atomic mass is 10.1. The minimum Gasteiger partial charge on any atom is -0.313 e. The first-order chi connectivity index (χ1) is 8.86. The van der Waals surface area contributed by atoms with Crippen LogP contribution in [-0.2, 0) is 13.0 Å². The second kappa shape index (κ2) is 6.36. The Bertz CT molecular complexity index is 474. The molecule has 0 aliphatic carbocycles. The molecule has 0 aliphatic rings. The molecular weight excluding hydrogens is 222 g/mol. The molecule has 3 heteroatoms. The molecule has 0 bridgehead atoms. The first kappa shape index (κ1) is 12.8. The van der Waals surface area contributed by atoms with Gasteiger partial charge in [0.1, 0.15) is 0 Å². The van der Waals surface area contributed by atoms with Crippen LogP contribution in [0, 0.1) is 0 Å². The quantitative estimate of drug-likeness (QED) is 0.845. The predicted molar refractivity (Wildman–Crippen MR) is 74.9 cm³/mol. The van der Waals surface area contributed by atoms with E-state index in [1.165, 1.54) is 11.3 Å². The second-order valence-electron chi connectivity index (χ2n) is 4.39. The van der Waals surface area contributed by atoms with E-state index in [1.807, 2.05) is 12.3 Å². The Hall–Kier alpha value is -1.61. The van der Waals surface area contributed by atoms with Gasteiger partial charge in [-0.3, -0.25) is 0 Å². The van der Waals surface area contributed by atoms with Crippen LogP contribution in [0.5, 0.6) is 0 Å². The number of nitrogens with zero attached hydrogens (tertiary/aromatic N) is 2. The molecule has 0 amide bonds. The first-order valence-electron chi connectivity index (χ1n) is 6.68. The predicted octanol–water partition coefficient (Wildman–Crippen LogP) is 2.93. The summed E-state index contributed by atoms with van der Waals surface area (Å²) in [6, 6.07) is 10.3. The van der Waals surface area contributed by atoms with E-state index in [0.29, 0.717) is 0 Å². The standard InChI is InChI=1S/C15H21N3/c1-3-8-15-13(11-16-4-2)12-17-18(15)14-9-6-5-7-10-14/h5-7,9-10,12,16H,3-4,8,11H2,1-2H3. The summed E-state index contributed by atoms with van der Waals surface area (Å²) < 4.78 is 2.07. The molecule has 0 saturated heterocycles. The van der Waals surface area contributed by atoms with Crippen molar-refractivity contribution < 1.29 is 0 Å². The van der Waals surface area contributed by atoms with Gasteiger partial charge in [0.2, 0.25) is 0 Å². The van der Waals surface area contributed by atoms with Crippen LogP contribution in [0.1, 0.15) is 31.5 Å². The molecule has 2 aromatic rings. The van der Waals surface area contributed by atoms with Crippen LogP contribution in [0.3, 0.4) is 0 Å². The third-order valence-electron chi connectivity index (χ3n) is 3.01. The molecule has 18 heavy (non-hydrogen) atoms. The number of aromatic nitrogens is 2. The number of para-hydroxylation sites is 1. The summed E-state index contributed by atoms with van der Waals surface area (Å²) in [5, 5.41) is 7.91. The summed E-state index contributed by atoms with van der Waals surface area (Å²) >= 11 is 0. The number of hydrogen-bond donors (Lipinski definition) is 1. The van der Waals surface area contributed by atoms with Crippen molar-refractivity contribution in [1.82, 2.24) is 15.1 Å². The Morgan fingerprint density at radius 2 is 1.94 bits per heavy atom. The Morgan fingerprint density at radius 3 is 2.61 bits per heavy atom. The molecule has 0 radical (unpaired) electrons. The molecule has 1 aromatic carbocycles. The second-order valence-corrected chi connectivity index (χ2v) is 4.39. The van der Waals surface area contributed by atoms with Gasteiger partial charge in [-0.1, -0.05) is 38.5 Å². The summed E-state index contributed by atoms with van der Waals surface area (Å²) in [6.45, 7) is 6.22. The van der Waals surface area contributed by atoms with Gasteiger partial charge in [-0.15, -0.1) is 0 Å². The fourth-order valence-corrected chi connectivity index (χ4v) is 2.11. The van der Waals surface area contributed by atoms with E-state index in [1.54, 1.807) is 0 Å². The average molecular weight is 243 g/mol. The lowest BCUT2D eigenvalue weighted by molar-refractivity contribution is 0.707. The summed E-state index contributed by atoms with van der Waals surface area (Å²) in [7, 11) is 0. The highest BCUT2D eigenvalue weighted by atomic mass is 15.3. The Labute approximate surface area is 109 Å². The van der Waals surface area contributed by atoms with E-state index in [2.05, 4.69) is 53.2 Å². The van der Waals surface area contributed by atoms with Gasteiger partial charge < -0.3 is 5.32 Å². The van der Waals surface area contributed by atoms with Crippen molar-refractivity contribution in [3.05, 3.63) is 47.8 Å². The minimum atomic E-state index is 0.901. The van der Waals surface area contributed by atoms with E-state index in [9.17, 15) is 0 Å². The summed E-state index contributed by atoms with van der Waals surface area (Å²) in [5.74, 6) is 0. The molecule has 0 aliphatic heterocycles. The van der Waals surface area contributed by atoms with Crippen LogP contribution in [0.25, 0.3) is 5.69 Å². The van der Waals surface area contributed by atoms with Gasteiger partial charge in [-0.05, 0) is 25.1 Å². The molecule has 0 saturated carbocycles. The van der Waals surface area contributed by atoms with Gasteiger partial charge in [0.25, 0.3) is 0 Å². The van der Waals surface area contributed by atoms with Crippen molar-refractivity contribution >= 4 is 0 Å². The van der Waals surface area contributed by atoms with E-state index < -0.39 is 0 Å². The topological polar surface area (TPSA) is 29.9 Å². The lowest BCUT2D eigenvalue weighted by Crippen LogP contribution is -2.13. The molecule has 0 fully saturated rings. The Morgan fingerprint density at radius 1 is 1.17 bits per heavy atom. The van der Waals surface area contributed by atoms with Gasteiger partial charge in [0, 0.05) is 17.8 Å². The van der Waals surface area contributed by atoms with Crippen molar-refractivity contribution in [3.8, 4) is 5.69 Å². The molecule has 3 nitrogen and oxygen atoms in total. The summed E-state index contributed by atoms with van der Waals surface area (Å²) in [6.07, 6.45) is 4.19. The molecule has 0 atom stereocenters. The van der Waals surface area contributed by atoms with Crippen molar-refractivity contribution in [2.45, 2.75) is 33.2 Å². The van der Waals surface area contributed by atoms with Crippen LogP contribution in [0.2, 0.25) is 0 Å². The van der Waals surface area contributed by atoms with Crippen molar-refractivity contribution in [2.24, 2.45) is 0 Å². The number of benzene rings is 1.